The van der Waals surface area contributed by atoms with Gasteiger partial charge in [0, 0.05) is 26.2 Å². The molecule has 1 rings (SSSR count). The van der Waals surface area contributed by atoms with Crippen molar-refractivity contribution in [3.8, 4) is 0 Å². The summed E-state index contributed by atoms with van der Waals surface area (Å²) in [4.78, 5) is 11.6. The number of carbonyl (C=O) groups excluding carboxylic acids is 1. The first-order valence-electron chi connectivity index (χ1n) is 5.70. The lowest BCUT2D eigenvalue weighted by Crippen LogP contribution is -2.22. The van der Waals surface area contributed by atoms with Crippen molar-refractivity contribution in [1.29, 1.82) is 0 Å². The third-order valence-corrected chi connectivity index (χ3v) is 4.18. The third kappa shape index (κ3) is 3.54. The fourth-order valence-corrected chi connectivity index (χ4v) is 2.34. The quantitative estimate of drug-likeness (QED) is 0.885. The van der Waals surface area contributed by atoms with Gasteiger partial charge in [0.15, 0.2) is 0 Å². The second kappa shape index (κ2) is 5.97. The molecular weight excluding hydrogens is 252 g/mol. The maximum absolute atomic E-state index is 11.9. The van der Waals surface area contributed by atoms with Crippen LogP contribution in [0.3, 0.4) is 0 Å². The molecule has 5 nitrogen and oxygen atoms in total. The van der Waals surface area contributed by atoms with E-state index in [2.05, 4.69) is 5.32 Å². The SMILES string of the molecule is CCCC(=O)Nc1cccc(S(=O)(=O)N(C)C)c1. The fraction of sp³-hybridized carbons (Fsp3) is 0.417. The van der Waals surface area contributed by atoms with Crippen LogP contribution >= 0.6 is 0 Å². The lowest BCUT2D eigenvalue weighted by Gasteiger charge is -2.12. The van der Waals surface area contributed by atoms with E-state index in [1.165, 1.54) is 26.2 Å². The number of nitrogens with one attached hydrogen (secondary N) is 1. The molecule has 0 aliphatic rings. The van der Waals surface area contributed by atoms with Gasteiger partial charge in [-0.05, 0) is 24.6 Å². The predicted molar refractivity (Wildman–Crippen MR) is 70.9 cm³/mol. The van der Waals surface area contributed by atoms with E-state index in [0.717, 1.165) is 10.7 Å². The Morgan fingerprint density at radius 1 is 1.33 bits per heavy atom. The summed E-state index contributed by atoms with van der Waals surface area (Å²) >= 11 is 0. The van der Waals surface area contributed by atoms with Crippen LogP contribution in [0.2, 0.25) is 0 Å². The fourth-order valence-electron chi connectivity index (χ4n) is 1.40. The van der Waals surface area contributed by atoms with Gasteiger partial charge >= 0.3 is 0 Å². The van der Waals surface area contributed by atoms with Crippen molar-refractivity contribution in [3.63, 3.8) is 0 Å². The molecule has 0 radical (unpaired) electrons. The van der Waals surface area contributed by atoms with Crippen LogP contribution in [0, 0.1) is 0 Å². The molecule has 1 amide bonds. The minimum absolute atomic E-state index is 0.114. The molecule has 0 unspecified atom stereocenters. The van der Waals surface area contributed by atoms with Crippen LogP contribution in [0.4, 0.5) is 5.69 Å². The smallest absolute Gasteiger partial charge is 0.242 e. The van der Waals surface area contributed by atoms with E-state index in [1.807, 2.05) is 6.92 Å². The molecule has 0 saturated heterocycles. The molecular formula is C12H18N2O3S. The van der Waals surface area contributed by atoms with Gasteiger partial charge in [0.25, 0.3) is 0 Å². The first kappa shape index (κ1) is 14.7. The number of anilines is 1. The molecule has 0 spiro atoms. The normalized spacial score (nSPS) is 11.6. The predicted octanol–water partition coefficient (Wildman–Crippen LogP) is 1.68. The molecule has 0 saturated carbocycles. The first-order valence-corrected chi connectivity index (χ1v) is 7.14. The van der Waals surface area contributed by atoms with E-state index in [1.54, 1.807) is 12.1 Å². The van der Waals surface area contributed by atoms with Crippen LogP contribution in [-0.4, -0.2) is 32.7 Å². The lowest BCUT2D eigenvalue weighted by molar-refractivity contribution is -0.116. The van der Waals surface area contributed by atoms with E-state index in [-0.39, 0.29) is 10.8 Å². The van der Waals surface area contributed by atoms with Gasteiger partial charge in [0.05, 0.1) is 4.90 Å². The second-order valence-corrected chi connectivity index (χ2v) is 6.27. The maximum Gasteiger partial charge on any atom is 0.242 e. The Bertz CT molecular complexity index is 524. The summed E-state index contributed by atoms with van der Waals surface area (Å²) < 4.78 is 25.0. The average Bonchev–Trinajstić information content (AvgIpc) is 2.29. The van der Waals surface area contributed by atoms with Crippen molar-refractivity contribution < 1.29 is 13.2 Å². The number of hydrogen-bond acceptors (Lipinski definition) is 3. The Morgan fingerprint density at radius 2 is 2.00 bits per heavy atom. The molecule has 0 heterocycles. The first-order chi connectivity index (χ1) is 8.37. The summed E-state index contributed by atoms with van der Waals surface area (Å²) in [5.74, 6) is -0.114. The third-order valence-electron chi connectivity index (χ3n) is 2.37. The number of nitrogens with zero attached hydrogens (tertiary/aromatic N) is 1. The van der Waals surface area contributed by atoms with Gasteiger partial charge in [-0.25, -0.2) is 12.7 Å². The zero-order valence-electron chi connectivity index (χ0n) is 10.8. The highest BCUT2D eigenvalue weighted by Gasteiger charge is 2.17. The highest BCUT2D eigenvalue weighted by molar-refractivity contribution is 7.89. The average molecular weight is 270 g/mol. The second-order valence-electron chi connectivity index (χ2n) is 4.11. The number of benzene rings is 1. The maximum atomic E-state index is 11.9. The van der Waals surface area contributed by atoms with Crippen LogP contribution in [0.15, 0.2) is 29.2 Å². The molecule has 100 valence electrons. The van der Waals surface area contributed by atoms with Crippen molar-refractivity contribution in [2.75, 3.05) is 19.4 Å². The van der Waals surface area contributed by atoms with Gasteiger partial charge in [-0.2, -0.15) is 0 Å². The van der Waals surface area contributed by atoms with Crippen molar-refractivity contribution in [2.24, 2.45) is 0 Å². The van der Waals surface area contributed by atoms with Crippen LogP contribution in [0.5, 0.6) is 0 Å². The van der Waals surface area contributed by atoms with Gasteiger partial charge in [0.1, 0.15) is 0 Å². The molecule has 0 aliphatic heterocycles. The molecule has 0 aromatic heterocycles. The molecule has 1 aromatic rings. The summed E-state index contributed by atoms with van der Waals surface area (Å²) in [7, 11) is -0.526. The summed E-state index contributed by atoms with van der Waals surface area (Å²) in [6.45, 7) is 1.91. The van der Waals surface area contributed by atoms with E-state index >= 15 is 0 Å². The molecule has 0 aliphatic carbocycles. The Hall–Kier alpha value is -1.40. The highest BCUT2D eigenvalue weighted by Crippen LogP contribution is 2.18. The van der Waals surface area contributed by atoms with Crippen LogP contribution in [0.25, 0.3) is 0 Å². The highest BCUT2D eigenvalue weighted by atomic mass is 32.2. The summed E-state index contributed by atoms with van der Waals surface area (Å²) in [5.41, 5.74) is 0.497. The monoisotopic (exact) mass is 270 g/mol. The van der Waals surface area contributed by atoms with Gasteiger partial charge in [-0.3, -0.25) is 4.79 Å². The van der Waals surface area contributed by atoms with Gasteiger partial charge < -0.3 is 5.32 Å². The lowest BCUT2D eigenvalue weighted by atomic mass is 10.3. The Kier molecular flexibility index (Phi) is 4.86. The molecule has 0 bridgehead atoms. The number of hydrogen-bond donors (Lipinski definition) is 1. The van der Waals surface area contributed by atoms with E-state index in [4.69, 9.17) is 0 Å². The minimum Gasteiger partial charge on any atom is -0.326 e. The number of rotatable bonds is 5. The summed E-state index contributed by atoms with van der Waals surface area (Å²) in [6, 6.07) is 6.24. The van der Waals surface area contributed by atoms with E-state index < -0.39 is 10.0 Å². The molecule has 0 fully saturated rings. The topological polar surface area (TPSA) is 66.5 Å². The molecule has 1 aromatic carbocycles. The zero-order chi connectivity index (χ0) is 13.8. The Labute approximate surface area is 108 Å². The summed E-state index contributed by atoms with van der Waals surface area (Å²) in [5, 5.41) is 2.67. The van der Waals surface area contributed by atoms with Gasteiger partial charge in [-0.15, -0.1) is 0 Å². The minimum atomic E-state index is -3.47. The molecule has 18 heavy (non-hydrogen) atoms. The molecule has 1 N–H and O–H groups in total. The van der Waals surface area contributed by atoms with Gasteiger partial charge in [0.2, 0.25) is 15.9 Å². The van der Waals surface area contributed by atoms with E-state index in [9.17, 15) is 13.2 Å². The van der Waals surface area contributed by atoms with Crippen molar-refractivity contribution in [2.45, 2.75) is 24.7 Å². The van der Waals surface area contributed by atoms with E-state index in [0.29, 0.717) is 12.1 Å². The van der Waals surface area contributed by atoms with Crippen molar-refractivity contribution in [3.05, 3.63) is 24.3 Å². The Balaban J connectivity index is 2.97. The summed E-state index contributed by atoms with van der Waals surface area (Å²) in [6.07, 6.45) is 1.17. The standard InChI is InChI=1S/C12H18N2O3S/c1-4-6-12(15)13-10-7-5-8-11(9-10)18(16,17)14(2)3/h5,7-9H,4,6H2,1-3H3,(H,13,15). The van der Waals surface area contributed by atoms with Gasteiger partial charge in [-0.1, -0.05) is 13.0 Å². The molecule has 6 heteroatoms. The number of carbonyl (C=O) groups is 1. The van der Waals surface area contributed by atoms with Crippen molar-refractivity contribution in [1.82, 2.24) is 4.31 Å². The Morgan fingerprint density at radius 3 is 2.56 bits per heavy atom. The van der Waals surface area contributed by atoms with Crippen LogP contribution in [0.1, 0.15) is 19.8 Å². The largest absolute Gasteiger partial charge is 0.326 e. The zero-order valence-corrected chi connectivity index (χ0v) is 11.6. The number of amides is 1. The van der Waals surface area contributed by atoms with Crippen molar-refractivity contribution >= 4 is 21.6 Å². The molecule has 0 atom stereocenters. The number of sulfonamides is 1. The van der Waals surface area contributed by atoms with Crippen LogP contribution in [-0.2, 0) is 14.8 Å². The van der Waals surface area contributed by atoms with Crippen LogP contribution < -0.4 is 5.32 Å².